The van der Waals surface area contributed by atoms with Crippen LogP contribution in [0, 0.1) is 12.3 Å². The molecule has 0 radical (unpaired) electrons. The standard InChI is InChI=1S/C12H15NO2S/c1-3-5-10-16(14,15)13-12-9-7-6-8-11(12)4-2/h2,6-9,13H,3,5,10H2,1H3. The number of para-hydroxylation sites is 1. The van der Waals surface area contributed by atoms with Crippen LogP contribution in [0.1, 0.15) is 25.3 Å². The van der Waals surface area contributed by atoms with Gasteiger partial charge in [0.25, 0.3) is 0 Å². The van der Waals surface area contributed by atoms with Crippen LogP contribution in [-0.2, 0) is 10.0 Å². The summed E-state index contributed by atoms with van der Waals surface area (Å²) in [6.07, 6.45) is 6.78. The van der Waals surface area contributed by atoms with Gasteiger partial charge in [0.15, 0.2) is 0 Å². The molecule has 0 amide bonds. The number of hydrogen-bond acceptors (Lipinski definition) is 2. The second kappa shape index (κ2) is 5.57. The van der Waals surface area contributed by atoms with Crippen molar-refractivity contribution in [2.24, 2.45) is 0 Å². The van der Waals surface area contributed by atoms with Crippen LogP contribution in [0.15, 0.2) is 24.3 Å². The number of terminal acetylenes is 1. The molecule has 0 saturated carbocycles. The number of nitrogens with one attached hydrogen (secondary N) is 1. The first-order chi connectivity index (χ1) is 7.59. The lowest BCUT2D eigenvalue weighted by Gasteiger charge is -2.08. The summed E-state index contributed by atoms with van der Waals surface area (Å²) < 4.78 is 25.8. The zero-order chi connectivity index (χ0) is 12.0. The molecule has 0 aliphatic carbocycles. The summed E-state index contributed by atoms with van der Waals surface area (Å²) in [6, 6.07) is 6.90. The molecular weight excluding hydrogens is 222 g/mol. The van der Waals surface area contributed by atoms with Gasteiger partial charge in [-0.1, -0.05) is 31.4 Å². The van der Waals surface area contributed by atoms with E-state index in [-0.39, 0.29) is 5.75 Å². The molecule has 4 heteroatoms. The van der Waals surface area contributed by atoms with Crippen molar-refractivity contribution in [1.82, 2.24) is 0 Å². The Bertz CT molecular complexity index is 486. The van der Waals surface area contributed by atoms with Crippen LogP contribution in [0.4, 0.5) is 5.69 Å². The highest BCUT2D eigenvalue weighted by Crippen LogP contribution is 2.15. The Morgan fingerprint density at radius 1 is 1.38 bits per heavy atom. The monoisotopic (exact) mass is 237 g/mol. The summed E-state index contributed by atoms with van der Waals surface area (Å²) in [7, 11) is -3.27. The van der Waals surface area contributed by atoms with Gasteiger partial charge < -0.3 is 0 Å². The predicted molar refractivity (Wildman–Crippen MR) is 66.7 cm³/mol. The lowest BCUT2D eigenvalue weighted by Crippen LogP contribution is -2.17. The van der Waals surface area contributed by atoms with Crippen LogP contribution in [-0.4, -0.2) is 14.2 Å². The van der Waals surface area contributed by atoms with Gasteiger partial charge in [-0.25, -0.2) is 8.42 Å². The molecule has 0 fully saturated rings. The van der Waals surface area contributed by atoms with E-state index >= 15 is 0 Å². The van der Waals surface area contributed by atoms with Crippen molar-refractivity contribution < 1.29 is 8.42 Å². The zero-order valence-electron chi connectivity index (χ0n) is 9.23. The molecule has 1 aromatic carbocycles. The Hall–Kier alpha value is -1.47. The molecule has 16 heavy (non-hydrogen) atoms. The normalized spacial score (nSPS) is 10.8. The van der Waals surface area contributed by atoms with Gasteiger partial charge in [0.2, 0.25) is 10.0 Å². The molecular formula is C12H15NO2S. The van der Waals surface area contributed by atoms with E-state index in [1.165, 1.54) is 0 Å². The summed E-state index contributed by atoms with van der Waals surface area (Å²) in [5, 5.41) is 0. The highest BCUT2D eigenvalue weighted by Gasteiger charge is 2.10. The van der Waals surface area contributed by atoms with Crippen LogP contribution in [0.5, 0.6) is 0 Å². The number of anilines is 1. The van der Waals surface area contributed by atoms with Crippen molar-refractivity contribution in [2.45, 2.75) is 19.8 Å². The third-order valence-corrected chi connectivity index (χ3v) is 3.47. The van der Waals surface area contributed by atoms with E-state index in [1.807, 2.05) is 6.92 Å². The van der Waals surface area contributed by atoms with Gasteiger partial charge in [-0.05, 0) is 18.6 Å². The maximum atomic E-state index is 11.6. The molecule has 1 aromatic rings. The van der Waals surface area contributed by atoms with Crippen LogP contribution in [0.25, 0.3) is 0 Å². The van der Waals surface area contributed by atoms with Crippen LogP contribution < -0.4 is 4.72 Å². The van der Waals surface area contributed by atoms with Gasteiger partial charge in [-0.15, -0.1) is 6.42 Å². The fraction of sp³-hybridized carbons (Fsp3) is 0.333. The number of sulfonamides is 1. The molecule has 0 heterocycles. The minimum atomic E-state index is -3.27. The third kappa shape index (κ3) is 3.59. The largest absolute Gasteiger partial charge is 0.282 e. The Balaban J connectivity index is 2.85. The fourth-order valence-electron chi connectivity index (χ4n) is 1.25. The molecule has 1 rings (SSSR count). The van der Waals surface area contributed by atoms with Gasteiger partial charge in [-0.2, -0.15) is 0 Å². The predicted octanol–water partition coefficient (Wildman–Crippen LogP) is 2.21. The second-order valence-corrected chi connectivity index (χ2v) is 5.31. The van der Waals surface area contributed by atoms with E-state index in [9.17, 15) is 8.42 Å². The highest BCUT2D eigenvalue weighted by molar-refractivity contribution is 7.92. The van der Waals surface area contributed by atoms with Crippen molar-refractivity contribution in [1.29, 1.82) is 0 Å². The molecule has 0 atom stereocenters. The number of benzene rings is 1. The van der Waals surface area contributed by atoms with Crippen LogP contribution in [0.3, 0.4) is 0 Å². The fourth-order valence-corrected chi connectivity index (χ4v) is 2.53. The Kier molecular flexibility index (Phi) is 4.39. The van der Waals surface area contributed by atoms with Gasteiger partial charge in [0.05, 0.1) is 11.4 Å². The van der Waals surface area contributed by atoms with E-state index in [0.29, 0.717) is 17.7 Å². The number of unbranched alkanes of at least 4 members (excludes halogenated alkanes) is 1. The molecule has 0 bridgehead atoms. The van der Waals surface area contributed by atoms with E-state index in [0.717, 1.165) is 6.42 Å². The molecule has 0 spiro atoms. The zero-order valence-corrected chi connectivity index (χ0v) is 10.0. The molecule has 86 valence electrons. The molecule has 1 N–H and O–H groups in total. The second-order valence-electron chi connectivity index (χ2n) is 3.46. The lowest BCUT2D eigenvalue weighted by atomic mass is 10.2. The molecule has 3 nitrogen and oxygen atoms in total. The Morgan fingerprint density at radius 3 is 2.69 bits per heavy atom. The van der Waals surface area contributed by atoms with Gasteiger partial charge >= 0.3 is 0 Å². The topological polar surface area (TPSA) is 46.2 Å². The summed E-state index contributed by atoms with van der Waals surface area (Å²) >= 11 is 0. The van der Waals surface area contributed by atoms with Gasteiger partial charge in [0, 0.05) is 5.56 Å². The molecule has 0 aliphatic rings. The lowest BCUT2D eigenvalue weighted by molar-refractivity contribution is 0.598. The van der Waals surface area contributed by atoms with Crippen molar-refractivity contribution in [3.63, 3.8) is 0 Å². The maximum absolute atomic E-state index is 11.6. The molecule has 0 aliphatic heterocycles. The molecule has 0 unspecified atom stereocenters. The first kappa shape index (κ1) is 12.6. The highest BCUT2D eigenvalue weighted by atomic mass is 32.2. The Labute approximate surface area is 96.9 Å². The van der Waals surface area contributed by atoms with Crippen molar-refractivity contribution in [3.8, 4) is 12.3 Å². The quantitative estimate of drug-likeness (QED) is 0.798. The average Bonchev–Trinajstić information content (AvgIpc) is 2.27. The first-order valence-electron chi connectivity index (χ1n) is 5.15. The van der Waals surface area contributed by atoms with Crippen LogP contribution in [0.2, 0.25) is 0 Å². The first-order valence-corrected chi connectivity index (χ1v) is 6.80. The van der Waals surface area contributed by atoms with E-state index in [1.54, 1.807) is 24.3 Å². The van der Waals surface area contributed by atoms with E-state index < -0.39 is 10.0 Å². The summed E-state index contributed by atoms with van der Waals surface area (Å²) in [4.78, 5) is 0. The van der Waals surface area contributed by atoms with Gasteiger partial charge in [0.1, 0.15) is 0 Å². The minimum absolute atomic E-state index is 0.127. The SMILES string of the molecule is C#Cc1ccccc1NS(=O)(=O)CCCC. The summed E-state index contributed by atoms with van der Waals surface area (Å²) in [6.45, 7) is 1.95. The van der Waals surface area contributed by atoms with Crippen molar-refractivity contribution in [3.05, 3.63) is 29.8 Å². The Morgan fingerprint density at radius 2 is 2.06 bits per heavy atom. The van der Waals surface area contributed by atoms with E-state index in [2.05, 4.69) is 10.6 Å². The summed E-state index contributed by atoms with van der Waals surface area (Å²) in [5.74, 6) is 2.57. The van der Waals surface area contributed by atoms with Crippen LogP contribution >= 0.6 is 0 Å². The summed E-state index contributed by atoms with van der Waals surface area (Å²) in [5.41, 5.74) is 1.03. The minimum Gasteiger partial charge on any atom is -0.282 e. The van der Waals surface area contributed by atoms with Crippen molar-refractivity contribution >= 4 is 15.7 Å². The smallest absolute Gasteiger partial charge is 0.232 e. The average molecular weight is 237 g/mol. The van der Waals surface area contributed by atoms with Crippen molar-refractivity contribution in [2.75, 3.05) is 10.5 Å². The number of rotatable bonds is 5. The van der Waals surface area contributed by atoms with Gasteiger partial charge in [-0.3, -0.25) is 4.72 Å². The maximum Gasteiger partial charge on any atom is 0.232 e. The third-order valence-electron chi connectivity index (χ3n) is 2.11. The number of hydrogen-bond donors (Lipinski definition) is 1. The molecule has 0 saturated heterocycles. The molecule has 0 aromatic heterocycles. The van der Waals surface area contributed by atoms with E-state index in [4.69, 9.17) is 6.42 Å².